The summed E-state index contributed by atoms with van der Waals surface area (Å²) in [6.45, 7) is 1.82. The topological polar surface area (TPSA) is 43.4 Å². The van der Waals surface area contributed by atoms with Crippen LogP contribution in [0.15, 0.2) is 32.0 Å². The number of fused-ring (bicyclic) bond motifs is 1. The molecule has 2 aliphatic heterocycles. The summed E-state index contributed by atoms with van der Waals surface area (Å²) in [7, 11) is 0. The maximum absolute atomic E-state index is 10.7. The van der Waals surface area contributed by atoms with Gasteiger partial charge in [0.15, 0.2) is 5.76 Å². The van der Waals surface area contributed by atoms with Crippen LogP contribution in [0.5, 0.6) is 0 Å². The minimum Gasteiger partial charge on any atom is -0.466 e. The van der Waals surface area contributed by atoms with E-state index in [1.807, 2.05) is 6.92 Å². The Labute approximate surface area is 62.6 Å². The number of rotatable bonds is 0. The van der Waals surface area contributed by atoms with Gasteiger partial charge < -0.3 is 8.83 Å². The van der Waals surface area contributed by atoms with Crippen molar-refractivity contribution in [2.75, 3.05) is 0 Å². The molecule has 0 saturated heterocycles. The Morgan fingerprint density at radius 3 is 3.00 bits per heavy atom. The first kappa shape index (κ1) is 6.22. The summed E-state index contributed by atoms with van der Waals surface area (Å²) in [5, 5.41) is 0. The summed E-state index contributed by atoms with van der Waals surface area (Å²) in [6, 6.07) is 3.21. The molecule has 0 radical (unpaired) electrons. The van der Waals surface area contributed by atoms with Crippen LogP contribution in [0.25, 0.3) is 11.3 Å². The molecule has 0 saturated carbocycles. The van der Waals surface area contributed by atoms with Crippen molar-refractivity contribution in [1.82, 2.24) is 0 Å². The molecular weight excluding hydrogens is 144 g/mol. The number of aryl methyl sites for hydroxylation is 1. The standard InChI is InChI=1S/C8H6O3/c1-5-2-6-3-8(9)11-7(6)4-10-5/h2-4H,1H3. The van der Waals surface area contributed by atoms with Crippen LogP contribution in [0.1, 0.15) is 5.76 Å². The Kier molecular flexibility index (Phi) is 1.12. The third kappa shape index (κ3) is 0.941. The normalized spacial score (nSPS) is 10.6. The Bertz CT molecular complexity index is 396. The molecule has 3 heteroatoms. The van der Waals surface area contributed by atoms with Crippen molar-refractivity contribution in [2.45, 2.75) is 6.92 Å². The monoisotopic (exact) mass is 150 g/mol. The van der Waals surface area contributed by atoms with Crippen LogP contribution in [0.3, 0.4) is 0 Å². The van der Waals surface area contributed by atoms with Crippen molar-refractivity contribution in [3.8, 4) is 11.3 Å². The lowest BCUT2D eigenvalue weighted by Gasteiger charge is -1.94. The highest BCUT2D eigenvalue weighted by Crippen LogP contribution is 2.20. The summed E-state index contributed by atoms with van der Waals surface area (Å²) in [6.07, 6.45) is 1.44. The highest BCUT2D eigenvalue weighted by Gasteiger charge is 2.07. The molecule has 0 aromatic rings. The van der Waals surface area contributed by atoms with E-state index in [0.29, 0.717) is 5.76 Å². The average molecular weight is 150 g/mol. The fourth-order valence-corrected chi connectivity index (χ4v) is 0.999. The van der Waals surface area contributed by atoms with Crippen LogP contribution in [-0.4, -0.2) is 0 Å². The third-order valence-electron chi connectivity index (χ3n) is 1.48. The maximum Gasteiger partial charge on any atom is 0.337 e. The Hall–Kier alpha value is -1.51. The fourth-order valence-electron chi connectivity index (χ4n) is 0.999. The van der Waals surface area contributed by atoms with E-state index in [2.05, 4.69) is 0 Å². The second-order valence-corrected chi connectivity index (χ2v) is 2.38. The molecule has 0 spiro atoms. The number of furan rings is 1. The zero-order valence-electron chi connectivity index (χ0n) is 5.96. The molecule has 0 fully saturated rings. The first-order valence-electron chi connectivity index (χ1n) is 3.25. The molecule has 0 bridgehead atoms. The van der Waals surface area contributed by atoms with E-state index in [1.165, 1.54) is 12.3 Å². The molecule has 0 atom stereocenters. The number of hydrogen-bond acceptors (Lipinski definition) is 3. The largest absolute Gasteiger partial charge is 0.466 e. The minimum atomic E-state index is -0.333. The van der Waals surface area contributed by atoms with Gasteiger partial charge in [0.05, 0.1) is 0 Å². The quantitative estimate of drug-likeness (QED) is 0.573. The van der Waals surface area contributed by atoms with Crippen LogP contribution in [0.4, 0.5) is 0 Å². The van der Waals surface area contributed by atoms with Crippen LogP contribution < -0.4 is 5.63 Å². The van der Waals surface area contributed by atoms with Gasteiger partial charge >= 0.3 is 5.63 Å². The molecule has 2 aliphatic rings. The van der Waals surface area contributed by atoms with Crippen molar-refractivity contribution in [2.24, 2.45) is 0 Å². The zero-order chi connectivity index (χ0) is 7.84. The summed E-state index contributed by atoms with van der Waals surface area (Å²) < 4.78 is 9.79. The van der Waals surface area contributed by atoms with Gasteiger partial charge in [-0.15, -0.1) is 0 Å². The SMILES string of the molecule is Cc1cc2cc(=O)oc-2co1. The summed E-state index contributed by atoms with van der Waals surface area (Å²) in [5.74, 6) is 1.26. The molecule has 0 aliphatic carbocycles. The third-order valence-corrected chi connectivity index (χ3v) is 1.48. The summed E-state index contributed by atoms with van der Waals surface area (Å²) >= 11 is 0. The highest BCUT2D eigenvalue weighted by atomic mass is 16.4. The van der Waals surface area contributed by atoms with Gasteiger partial charge in [0, 0.05) is 11.6 Å². The van der Waals surface area contributed by atoms with Crippen molar-refractivity contribution in [1.29, 1.82) is 0 Å². The summed E-state index contributed by atoms with van der Waals surface area (Å²) in [4.78, 5) is 10.7. The molecule has 0 N–H and O–H groups in total. The predicted molar refractivity (Wildman–Crippen MR) is 38.6 cm³/mol. The molecule has 0 aromatic heterocycles. The van der Waals surface area contributed by atoms with E-state index in [4.69, 9.17) is 8.83 Å². The van der Waals surface area contributed by atoms with Crippen molar-refractivity contribution in [3.63, 3.8) is 0 Å². The summed E-state index contributed by atoms with van der Waals surface area (Å²) in [5.41, 5.74) is 0.458. The lowest BCUT2D eigenvalue weighted by molar-refractivity contribution is 0.476. The van der Waals surface area contributed by atoms with E-state index in [9.17, 15) is 4.79 Å². The second-order valence-electron chi connectivity index (χ2n) is 2.38. The van der Waals surface area contributed by atoms with Gasteiger partial charge in [-0.25, -0.2) is 4.79 Å². The smallest absolute Gasteiger partial charge is 0.337 e. The van der Waals surface area contributed by atoms with Gasteiger partial charge in [-0.1, -0.05) is 0 Å². The first-order chi connectivity index (χ1) is 5.25. The number of hydrogen-bond donors (Lipinski definition) is 0. The lowest BCUT2D eigenvalue weighted by atomic mass is 10.2. The van der Waals surface area contributed by atoms with Crippen molar-refractivity contribution >= 4 is 0 Å². The van der Waals surface area contributed by atoms with Crippen LogP contribution >= 0.6 is 0 Å². The molecule has 0 unspecified atom stereocenters. The van der Waals surface area contributed by atoms with E-state index in [-0.39, 0.29) is 5.63 Å². The van der Waals surface area contributed by atoms with Gasteiger partial charge in [-0.05, 0) is 13.0 Å². The van der Waals surface area contributed by atoms with Crippen LogP contribution in [0, 0.1) is 6.92 Å². The molecule has 56 valence electrons. The molecule has 2 rings (SSSR count). The highest BCUT2D eigenvalue weighted by molar-refractivity contribution is 5.56. The van der Waals surface area contributed by atoms with Gasteiger partial charge in [0.1, 0.15) is 12.0 Å². The van der Waals surface area contributed by atoms with Gasteiger partial charge in [-0.3, -0.25) is 0 Å². The predicted octanol–water partition coefficient (Wildman–Crippen LogP) is 1.65. The van der Waals surface area contributed by atoms with E-state index < -0.39 is 0 Å². The fraction of sp³-hybridized carbons (Fsp3) is 0.125. The average Bonchev–Trinajstić information content (AvgIpc) is 2.27. The Morgan fingerprint density at radius 1 is 1.36 bits per heavy atom. The molecule has 0 aromatic carbocycles. The van der Waals surface area contributed by atoms with E-state index in [1.54, 1.807) is 6.07 Å². The molecule has 11 heavy (non-hydrogen) atoms. The lowest BCUT2D eigenvalue weighted by Crippen LogP contribution is -1.83. The van der Waals surface area contributed by atoms with Crippen molar-refractivity contribution < 1.29 is 8.83 Å². The van der Waals surface area contributed by atoms with Gasteiger partial charge in [-0.2, -0.15) is 0 Å². The maximum atomic E-state index is 10.7. The zero-order valence-corrected chi connectivity index (χ0v) is 5.96. The second kappa shape index (κ2) is 1.99. The molecular formula is C8H6O3. The minimum absolute atomic E-state index is 0.333. The molecule has 3 nitrogen and oxygen atoms in total. The van der Waals surface area contributed by atoms with Crippen molar-refractivity contribution in [3.05, 3.63) is 34.6 Å². The Morgan fingerprint density at radius 2 is 2.18 bits per heavy atom. The Balaban J connectivity index is 2.82. The van der Waals surface area contributed by atoms with E-state index in [0.717, 1.165) is 11.3 Å². The van der Waals surface area contributed by atoms with Gasteiger partial charge in [0.25, 0.3) is 0 Å². The molecule has 2 heterocycles. The van der Waals surface area contributed by atoms with E-state index >= 15 is 0 Å². The molecule has 0 amide bonds. The first-order valence-corrected chi connectivity index (χ1v) is 3.25. The van der Waals surface area contributed by atoms with Crippen LogP contribution in [0.2, 0.25) is 0 Å². The van der Waals surface area contributed by atoms with Gasteiger partial charge in [0.2, 0.25) is 0 Å². The van der Waals surface area contributed by atoms with Crippen LogP contribution in [-0.2, 0) is 0 Å².